The monoisotopic (exact) mass is 338 g/mol. The number of hydrogen-bond acceptors (Lipinski definition) is 3. The van der Waals surface area contributed by atoms with Gasteiger partial charge in [-0.05, 0) is 32.0 Å². The molecular formula is C19H22N4O2. The second-order valence-corrected chi connectivity index (χ2v) is 5.97. The molecule has 6 nitrogen and oxygen atoms in total. The third kappa shape index (κ3) is 3.63. The van der Waals surface area contributed by atoms with Crippen LogP contribution in [-0.2, 0) is 17.9 Å². The number of hydrogen-bond donors (Lipinski definition) is 1. The Kier molecular flexibility index (Phi) is 4.97. The summed E-state index contributed by atoms with van der Waals surface area (Å²) < 4.78 is 3.65. The van der Waals surface area contributed by atoms with Gasteiger partial charge >= 0.3 is 0 Å². The highest BCUT2D eigenvalue weighted by Gasteiger charge is 2.17. The van der Waals surface area contributed by atoms with Gasteiger partial charge in [0, 0.05) is 31.8 Å². The zero-order chi connectivity index (χ0) is 17.8. The molecule has 0 aliphatic rings. The van der Waals surface area contributed by atoms with Crippen LogP contribution in [0.15, 0.2) is 53.5 Å². The van der Waals surface area contributed by atoms with Gasteiger partial charge in [-0.15, -0.1) is 0 Å². The van der Waals surface area contributed by atoms with Crippen LogP contribution >= 0.6 is 0 Å². The van der Waals surface area contributed by atoms with E-state index in [2.05, 4.69) is 21.8 Å². The van der Waals surface area contributed by atoms with Crippen molar-refractivity contribution in [1.29, 1.82) is 0 Å². The van der Waals surface area contributed by atoms with E-state index < -0.39 is 0 Å². The van der Waals surface area contributed by atoms with E-state index in [9.17, 15) is 9.59 Å². The highest BCUT2D eigenvalue weighted by atomic mass is 16.2. The second-order valence-electron chi connectivity index (χ2n) is 5.97. The first-order chi connectivity index (χ1) is 12.1. The Morgan fingerprint density at radius 3 is 2.72 bits per heavy atom. The van der Waals surface area contributed by atoms with Gasteiger partial charge in [-0.1, -0.05) is 18.2 Å². The molecule has 6 heteroatoms. The SMILES string of the molecule is CCn1c(C(C)NC(=O)CCn2ccccc2=O)nc2ccccc21. The molecule has 0 aliphatic heterocycles. The molecule has 1 amide bonds. The van der Waals surface area contributed by atoms with Crippen LogP contribution in [0.5, 0.6) is 0 Å². The van der Waals surface area contributed by atoms with E-state index >= 15 is 0 Å². The average Bonchev–Trinajstić information content (AvgIpc) is 3.00. The fourth-order valence-corrected chi connectivity index (χ4v) is 3.00. The minimum Gasteiger partial charge on any atom is -0.346 e. The summed E-state index contributed by atoms with van der Waals surface area (Å²) in [5, 5.41) is 2.98. The zero-order valence-corrected chi connectivity index (χ0v) is 14.5. The fraction of sp³-hybridized carbons (Fsp3) is 0.316. The van der Waals surface area contributed by atoms with Gasteiger partial charge in [0.05, 0.1) is 17.1 Å². The molecule has 1 N–H and O–H groups in total. The molecule has 130 valence electrons. The second kappa shape index (κ2) is 7.34. The molecule has 0 saturated carbocycles. The van der Waals surface area contributed by atoms with Crippen LogP contribution in [0.1, 0.15) is 32.1 Å². The number of benzene rings is 1. The average molecular weight is 338 g/mol. The molecule has 0 bridgehead atoms. The highest BCUT2D eigenvalue weighted by molar-refractivity contribution is 5.78. The summed E-state index contributed by atoms with van der Waals surface area (Å²) in [7, 11) is 0. The van der Waals surface area contributed by atoms with Crippen molar-refractivity contribution in [2.75, 3.05) is 0 Å². The quantitative estimate of drug-likeness (QED) is 0.751. The van der Waals surface area contributed by atoms with Gasteiger partial charge in [-0.25, -0.2) is 4.98 Å². The van der Waals surface area contributed by atoms with Crippen molar-refractivity contribution in [3.05, 3.63) is 64.8 Å². The van der Waals surface area contributed by atoms with Crippen molar-refractivity contribution < 1.29 is 4.79 Å². The summed E-state index contributed by atoms with van der Waals surface area (Å²) in [6.45, 7) is 5.14. The third-order valence-electron chi connectivity index (χ3n) is 4.24. The molecular weight excluding hydrogens is 316 g/mol. The molecule has 0 radical (unpaired) electrons. The first-order valence-electron chi connectivity index (χ1n) is 8.50. The van der Waals surface area contributed by atoms with Gasteiger partial charge in [0.15, 0.2) is 0 Å². The first-order valence-corrected chi connectivity index (χ1v) is 8.50. The van der Waals surface area contributed by atoms with E-state index in [1.165, 1.54) is 10.6 Å². The number of carbonyl (C=O) groups is 1. The summed E-state index contributed by atoms with van der Waals surface area (Å²) in [6.07, 6.45) is 1.94. The Morgan fingerprint density at radius 2 is 1.96 bits per heavy atom. The van der Waals surface area contributed by atoms with Crippen LogP contribution in [0, 0.1) is 0 Å². The molecule has 3 rings (SSSR count). The van der Waals surface area contributed by atoms with E-state index in [0.717, 1.165) is 23.4 Å². The summed E-state index contributed by atoms with van der Waals surface area (Å²) in [5.74, 6) is 0.742. The van der Waals surface area contributed by atoms with Crippen molar-refractivity contribution >= 4 is 16.9 Å². The highest BCUT2D eigenvalue weighted by Crippen LogP contribution is 2.20. The number of pyridine rings is 1. The zero-order valence-electron chi connectivity index (χ0n) is 14.5. The van der Waals surface area contributed by atoms with Crippen molar-refractivity contribution in [2.45, 2.75) is 39.4 Å². The lowest BCUT2D eigenvalue weighted by Gasteiger charge is -2.15. The van der Waals surface area contributed by atoms with E-state index in [-0.39, 0.29) is 23.9 Å². The van der Waals surface area contributed by atoms with Crippen LogP contribution in [0.4, 0.5) is 0 Å². The molecule has 3 aromatic rings. The van der Waals surface area contributed by atoms with E-state index in [1.54, 1.807) is 18.3 Å². The maximum absolute atomic E-state index is 12.3. The lowest BCUT2D eigenvalue weighted by Crippen LogP contribution is -2.30. The molecule has 1 unspecified atom stereocenters. The number of amides is 1. The largest absolute Gasteiger partial charge is 0.346 e. The van der Waals surface area contributed by atoms with Crippen LogP contribution in [0.2, 0.25) is 0 Å². The number of imidazole rings is 1. The number of rotatable bonds is 6. The molecule has 2 heterocycles. The van der Waals surface area contributed by atoms with Gasteiger partial charge in [-0.2, -0.15) is 0 Å². The van der Waals surface area contributed by atoms with Crippen molar-refractivity contribution in [2.24, 2.45) is 0 Å². The van der Waals surface area contributed by atoms with Gasteiger partial charge in [0.25, 0.3) is 5.56 Å². The van der Waals surface area contributed by atoms with Crippen molar-refractivity contribution in [3.8, 4) is 0 Å². The maximum Gasteiger partial charge on any atom is 0.250 e. The van der Waals surface area contributed by atoms with E-state index in [1.807, 2.05) is 31.2 Å². The molecule has 25 heavy (non-hydrogen) atoms. The number of aromatic nitrogens is 3. The van der Waals surface area contributed by atoms with Crippen LogP contribution in [-0.4, -0.2) is 20.0 Å². The summed E-state index contributed by atoms with van der Waals surface area (Å²) >= 11 is 0. The molecule has 0 saturated heterocycles. The van der Waals surface area contributed by atoms with Crippen LogP contribution in [0.25, 0.3) is 11.0 Å². The smallest absolute Gasteiger partial charge is 0.250 e. The Hall–Kier alpha value is -2.89. The topological polar surface area (TPSA) is 68.9 Å². The molecule has 0 fully saturated rings. The first kappa shape index (κ1) is 17.0. The molecule has 0 spiro atoms. The molecule has 0 aliphatic carbocycles. The lowest BCUT2D eigenvalue weighted by molar-refractivity contribution is -0.122. The number of aryl methyl sites for hydroxylation is 2. The fourth-order valence-electron chi connectivity index (χ4n) is 3.00. The van der Waals surface area contributed by atoms with Crippen LogP contribution < -0.4 is 10.9 Å². The standard InChI is InChI=1S/C19H22N4O2/c1-3-23-16-9-5-4-8-15(16)21-19(23)14(2)20-17(24)11-13-22-12-7-6-10-18(22)25/h4-10,12,14H,3,11,13H2,1-2H3,(H,20,24). The molecule has 1 atom stereocenters. The third-order valence-corrected chi connectivity index (χ3v) is 4.24. The van der Waals surface area contributed by atoms with Gasteiger partial charge in [0.1, 0.15) is 5.82 Å². The van der Waals surface area contributed by atoms with Crippen LogP contribution in [0.3, 0.4) is 0 Å². The normalized spacial score (nSPS) is 12.2. The Balaban J connectivity index is 1.69. The van der Waals surface area contributed by atoms with Gasteiger partial charge < -0.3 is 14.5 Å². The van der Waals surface area contributed by atoms with E-state index in [4.69, 9.17) is 0 Å². The lowest BCUT2D eigenvalue weighted by atomic mass is 10.2. The number of fused-ring (bicyclic) bond motifs is 1. The van der Waals surface area contributed by atoms with Gasteiger partial charge in [0.2, 0.25) is 5.91 Å². The Labute approximate surface area is 146 Å². The van der Waals surface area contributed by atoms with Gasteiger partial charge in [-0.3, -0.25) is 9.59 Å². The number of carbonyl (C=O) groups excluding carboxylic acids is 1. The summed E-state index contributed by atoms with van der Waals surface area (Å²) in [6, 6.07) is 12.7. The predicted molar refractivity (Wildman–Crippen MR) is 97.3 cm³/mol. The van der Waals surface area contributed by atoms with E-state index in [0.29, 0.717) is 6.54 Å². The number of para-hydroxylation sites is 2. The molecule has 2 aromatic heterocycles. The summed E-state index contributed by atoms with van der Waals surface area (Å²) in [5.41, 5.74) is 1.89. The van der Waals surface area contributed by atoms with Crippen molar-refractivity contribution in [1.82, 2.24) is 19.4 Å². The summed E-state index contributed by atoms with van der Waals surface area (Å²) in [4.78, 5) is 28.6. The molecule has 1 aromatic carbocycles. The Bertz CT molecular complexity index is 942. The predicted octanol–water partition coefficient (Wildman–Crippen LogP) is 2.49. The minimum absolute atomic E-state index is 0.0991. The number of nitrogens with one attached hydrogen (secondary N) is 1. The number of nitrogens with zero attached hydrogens (tertiary/aromatic N) is 3. The Morgan fingerprint density at radius 1 is 1.20 bits per heavy atom. The maximum atomic E-state index is 12.3. The van der Waals surface area contributed by atoms with Crippen molar-refractivity contribution in [3.63, 3.8) is 0 Å². The minimum atomic E-state index is -0.202.